The molecule has 20 heteroatoms. The first kappa shape index (κ1) is 37.0. The zero-order chi connectivity index (χ0) is 36.7. The van der Waals surface area contributed by atoms with Gasteiger partial charge in [0.2, 0.25) is 4.93 Å². The van der Waals surface area contributed by atoms with E-state index in [1.807, 2.05) is 7.05 Å². The maximum atomic E-state index is 12.1. The number of aliphatic hydroxyl groups is 9. The van der Waals surface area contributed by atoms with Crippen molar-refractivity contribution in [3.05, 3.63) is 54.1 Å². The van der Waals surface area contributed by atoms with E-state index >= 15 is 0 Å². The van der Waals surface area contributed by atoms with Gasteiger partial charge < -0.3 is 75.9 Å². The van der Waals surface area contributed by atoms with E-state index in [1.165, 1.54) is 24.5 Å². The van der Waals surface area contributed by atoms with Crippen molar-refractivity contribution >= 4 is 17.9 Å². The molecule has 3 heterocycles. The number of nitrogens with one attached hydrogen (secondary N) is 1. The number of phenols is 2. The van der Waals surface area contributed by atoms with Crippen LogP contribution in [0.1, 0.15) is 24.1 Å². The normalized spacial score (nSPS) is 20.4. The van der Waals surface area contributed by atoms with Gasteiger partial charge >= 0.3 is 6.09 Å². The number of aromatic hydroxyl groups is 2. The van der Waals surface area contributed by atoms with Crippen LogP contribution in [0.2, 0.25) is 0 Å². The maximum absolute atomic E-state index is 12.1. The minimum atomic E-state index is -4.51. The van der Waals surface area contributed by atoms with Crippen molar-refractivity contribution < 1.29 is 70.4 Å². The van der Waals surface area contributed by atoms with Crippen LogP contribution in [0, 0.1) is 11.8 Å². The number of alkyl carbamates (subject to hydrolysis) is 1. The Kier molecular flexibility index (Phi) is 9.98. The predicted molar refractivity (Wildman–Crippen MR) is 167 cm³/mol. The molecule has 270 valence electrons. The molecular weight excluding hydrogens is 686 g/mol. The molecule has 1 aromatic carbocycles. The molecule has 2 aliphatic rings. The monoisotopic (exact) mass is 721 g/mol. The van der Waals surface area contributed by atoms with Crippen molar-refractivity contribution in [1.29, 1.82) is 0 Å². The van der Waals surface area contributed by atoms with Crippen LogP contribution in [0.3, 0.4) is 0 Å². The molecule has 1 aliphatic carbocycles. The van der Waals surface area contributed by atoms with Crippen molar-refractivity contribution in [3.63, 3.8) is 0 Å². The Morgan fingerprint density at radius 1 is 0.980 bits per heavy atom. The van der Waals surface area contributed by atoms with Crippen molar-refractivity contribution in [3.8, 4) is 34.8 Å². The molecule has 19 nitrogen and oxygen atoms in total. The second-order valence-electron chi connectivity index (χ2n) is 11.7. The quantitative estimate of drug-likeness (QED) is 0.0624. The molecule has 1 amide bonds. The van der Waals surface area contributed by atoms with Crippen molar-refractivity contribution in [1.82, 2.24) is 24.8 Å². The number of carbonyl (C=O) groups excluding carboxylic acids is 1. The Labute approximate surface area is 287 Å². The third-order valence-electron chi connectivity index (χ3n) is 8.34. The predicted octanol–water partition coefficient (Wildman–Crippen LogP) is -3.05. The molecular formula is C30H35N5O14S. The first-order valence-electron chi connectivity index (χ1n) is 14.8. The lowest BCUT2D eigenvalue weighted by atomic mass is 10.1. The van der Waals surface area contributed by atoms with Crippen LogP contribution in [-0.4, -0.2) is 143 Å². The zero-order valence-corrected chi connectivity index (χ0v) is 27.0. The first-order valence-corrected chi connectivity index (χ1v) is 15.6. The van der Waals surface area contributed by atoms with Gasteiger partial charge in [-0.15, -0.1) is 0 Å². The van der Waals surface area contributed by atoms with Gasteiger partial charge in [0, 0.05) is 24.4 Å². The second kappa shape index (κ2) is 13.5. The summed E-state index contributed by atoms with van der Waals surface area (Å²) in [6.45, 7) is 0.958. The summed E-state index contributed by atoms with van der Waals surface area (Å²) in [5.74, 6) is -13.8. The molecule has 1 saturated heterocycles. The van der Waals surface area contributed by atoms with Gasteiger partial charge in [-0.2, -0.15) is 0 Å². The van der Waals surface area contributed by atoms with Gasteiger partial charge in [0.15, 0.2) is 23.3 Å². The highest BCUT2D eigenvalue weighted by molar-refractivity contribution is 8.00. The van der Waals surface area contributed by atoms with Crippen molar-refractivity contribution in [2.24, 2.45) is 0 Å². The zero-order valence-electron chi connectivity index (χ0n) is 26.2. The van der Waals surface area contributed by atoms with Crippen LogP contribution in [0.25, 0.3) is 5.69 Å². The second-order valence-corrected chi connectivity index (χ2v) is 12.9. The number of benzene rings is 1. The molecule has 0 bridgehead atoms. The summed E-state index contributed by atoms with van der Waals surface area (Å²) in [7, 11) is 2.00. The average Bonchev–Trinajstić information content (AvgIpc) is 3.47. The summed E-state index contributed by atoms with van der Waals surface area (Å²) in [5.41, 5.74) is 0.217. The number of piperidine rings is 1. The SMILES string of the molecule is CN1CCC(NC(=O)OCC#Cc2cc(O)c(OCc3cnc(SC4(O)C(O)(O)C(O)(O)C(O)(O)C4(O)O)n3-c3cccnc3)cc2O)CC1. The van der Waals surface area contributed by atoms with Crippen LogP contribution < -0.4 is 10.1 Å². The Morgan fingerprint density at radius 3 is 2.26 bits per heavy atom. The minimum absolute atomic E-state index is 0.00104. The minimum Gasteiger partial charge on any atom is -0.507 e. The maximum Gasteiger partial charge on any atom is 0.408 e. The van der Waals surface area contributed by atoms with Crippen LogP contribution in [0.15, 0.2) is 48.0 Å². The molecule has 5 rings (SSSR count). The lowest BCUT2D eigenvalue weighted by Gasteiger charge is -2.38. The topological polar surface area (TPSA) is 304 Å². The summed E-state index contributed by atoms with van der Waals surface area (Å²) >= 11 is -0.294. The molecule has 0 atom stereocenters. The number of imidazole rings is 1. The molecule has 1 aliphatic heterocycles. The van der Waals surface area contributed by atoms with Crippen molar-refractivity contribution in [2.45, 2.75) is 58.7 Å². The number of nitrogens with zero attached hydrogens (tertiary/aromatic N) is 4. The summed E-state index contributed by atoms with van der Waals surface area (Å²) < 4.78 is 11.9. The number of rotatable bonds is 8. The molecule has 2 fully saturated rings. The van der Waals surface area contributed by atoms with E-state index < -0.39 is 57.4 Å². The molecule has 0 spiro atoms. The Hall–Kier alpha value is -4.24. The Balaban J connectivity index is 1.32. The number of likely N-dealkylation sites (tertiary alicyclic amines) is 1. The highest BCUT2D eigenvalue weighted by Gasteiger charge is 2.91. The molecule has 12 N–H and O–H groups in total. The summed E-state index contributed by atoms with van der Waals surface area (Å²) in [5, 5.41) is 116. The number of phenolic OH excluding ortho intramolecular Hbond substituents is 2. The van der Waals surface area contributed by atoms with E-state index in [2.05, 4.69) is 32.0 Å². The van der Waals surface area contributed by atoms with Crippen LogP contribution in [0.5, 0.6) is 17.2 Å². The van der Waals surface area contributed by atoms with Crippen LogP contribution >= 0.6 is 11.8 Å². The van der Waals surface area contributed by atoms with E-state index in [0.29, 0.717) is 0 Å². The molecule has 3 aromatic rings. The number of ether oxygens (including phenoxy) is 2. The molecule has 50 heavy (non-hydrogen) atoms. The van der Waals surface area contributed by atoms with Gasteiger partial charge in [-0.25, -0.2) is 9.78 Å². The summed E-state index contributed by atoms with van der Waals surface area (Å²) in [6, 6.07) is 5.08. The van der Waals surface area contributed by atoms with Gasteiger partial charge in [0.25, 0.3) is 23.1 Å². The highest BCUT2D eigenvalue weighted by Crippen LogP contribution is 2.59. The third kappa shape index (κ3) is 6.29. The smallest absolute Gasteiger partial charge is 0.408 e. The average molecular weight is 722 g/mol. The number of amides is 1. The molecule has 0 radical (unpaired) electrons. The van der Waals surface area contributed by atoms with Gasteiger partial charge in [0.1, 0.15) is 12.4 Å². The number of hydrogen-bond acceptors (Lipinski definition) is 18. The van der Waals surface area contributed by atoms with E-state index in [4.69, 9.17) is 9.47 Å². The van der Waals surface area contributed by atoms with E-state index in [0.717, 1.165) is 48.8 Å². The Morgan fingerprint density at radius 2 is 1.64 bits per heavy atom. The van der Waals surface area contributed by atoms with Crippen molar-refractivity contribution in [2.75, 3.05) is 26.7 Å². The molecule has 1 saturated carbocycles. The number of hydrogen-bond donors (Lipinski definition) is 12. The Bertz CT molecular complexity index is 1760. The highest BCUT2D eigenvalue weighted by atomic mass is 32.2. The molecule has 2 aromatic heterocycles. The third-order valence-corrected chi connectivity index (χ3v) is 9.68. The fraction of sp³-hybridized carbons (Fsp3) is 0.433. The lowest BCUT2D eigenvalue weighted by molar-refractivity contribution is -0.452. The number of aromatic nitrogens is 3. The lowest BCUT2D eigenvalue weighted by Crippen LogP contribution is -2.66. The number of thioether (sulfide) groups is 1. The van der Waals surface area contributed by atoms with E-state index in [-0.39, 0.29) is 47.1 Å². The van der Waals surface area contributed by atoms with Gasteiger partial charge in [-0.3, -0.25) is 9.55 Å². The van der Waals surface area contributed by atoms with Gasteiger partial charge in [-0.05, 0) is 56.9 Å². The summed E-state index contributed by atoms with van der Waals surface area (Å²) in [4.78, 5) is 18.2. The van der Waals surface area contributed by atoms with Crippen LogP contribution in [-0.2, 0) is 11.3 Å². The standard InChI is InChI=1S/C30H35N5O14S/c1-34-9-6-18(7-10-34)33-25(38)48-11-3-4-17-12-22(37)23(13-21(17)36)49-16-20-15-32-24(35(20)19-5-2-8-31-14-19)50-30(47)28(43,44)26(39,40)27(41,42)29(30,45)46/h2,5,8,12-15,18,36-37,39-47H,6-7,9-11,16H2,1H3,(H,33,38). The van der Waals surface area contributed by atoms with E-state index in [9.17, 15) is 61.0 Å². The first-order chi connectivity index (χ1) is 23.3. The summed E-state index contributed by atoms with van der Waals surface area (Å²) in [6.07, 6.45) is 4.74. The van der Waals surface area contributed by atoms with Gasteiger partial charge in [0.05, 0.1) is 29.3 Å². The van der Waals surface area contributed by atoms with Gasteiger partial charge in [-0.1, -0.05) is 11.8 Å². The number of carbonyl (C=O) groups is 1. The largest absolute Gasteiger partial charge is 0.507 e. The number of pyridine rings is 1. The fourth-order valence-electron chi connectivity index (χ4n) is 5.30. The van der Waals surface area contributed by atoms with Crippen LogP contribution in [0.4, 0.5) is 4.79 Å². The molecule has 0 unspecified atom stereocenters. The van der Waals surface area contributed by atoms with E-state index in [1.54, 1.807) is 0 Å². The fourth-order valence-corrected chi connectivity index (χ4v) is 6.55.